The second kappa shape index (κ2) is 8.01. The summed E-state index contributed by atoms with van der Waals surface area (Å²) >= 11 is 5.89. The van der Waals surface area contributed by atoms with Crippen LogP contribution in [0.25, 0.3) is 0 Å². The van der Waals surface area contributed by atoms with Crippen molar-refractivity contribution in [3.05, 3.63) is 80.1 Å². The van der Waals surface area contributed by atoms with Crippen LogP contribution in [0.5, 0.6) is 0 Å². The van der Waals surface area contributed by atoms with Crippen LogP contribution in [0.2, 0.25) is 5.02 Å². The van der Waals surface area contributed by atoms with E-state index in [1.165, 1.54) is 35.2 Å². The first-order chi connectivity index (χ1) is 13.4. The van der Waals surface area contributed by atoms with Crippen LogP contribution in [0.15, 0.2) is 45.9 Å². The van der Waals surface area contributed by atoms with Crippen molar-refractivity contribution in [2.24, 2.45) is 5.10 Å². The van der Waals surface area contributed by atoms with Gasteiger partial charge >= 0.3 is 11.7 Å². The largest absolute Gasteiger partial charge is 0.454 e. The molecular formula is C17H13ClFN5O4. The lowest BCUT2D eigenvalue weighted by Crippen LogP contribution is -2.17. The summed E-state index contributed by atoms with van der Waals surface area (Å²) < 4.78 is 20.2. The molecule has 144 valence electrons. The van der Waals surface area contributed by atoms with Gasteiger partial charge in [0.1, 0.15) is 18.1 Å². The van der Waals surface area contributed by atoms with Gasteiger partial charge in [-0.2, -0.15) is 9.78 Å². The predicted octanol–water partition coefficient (Wildman–Crippen LogP) is 3.30. The number of hydrazone groups is 1. The van der Waals surface area contributed by atoms with E-state index in [-0.39, 0.29) is 22.9 Å². The van der Waals surface area contributed by atoms with Gasteiger partial charge in [-0.3, -0.25) is 4.79 Å². The SMILES string of the molecule is Cc1c(Cl)c([N+](=O)[O-])nn1Cc1ccc(C(=O)N/N=C\c2ccccc2F)o1. The number of halogens is 2. The maximum atomic E-state index is 13.5. The van der Waals surface area contributed by atoms with Gasteiger partial charge in [0.15, 0.2) is 10.8 Å². The highest BCUT2D eigenvalue weighted by atomic mass is 35.5. The maximum Gasteiger partial charge on any atom is 0.408 e. The van der Waals surface area contributed by atoms with E-state index in [9.17, 15) is 19.3 Å². The van der Waals surface area contributed by atoms with Gasteiger partial charge in [0.2, 0.25) is 0 Å². The van der Waals surface area contributed by atoms with Gasteiger partial charge in [0.05, 0.1) is 17.0 Å². The zero-order valence-corrected chi connectivity index (χ0v) is 15.2. The zero-order valence-electron chi connectivity index (χ0n) is 14.4. The summed E-state index contributed by atoms with van der Waals surface area (Å²) in [5.74, 6) is -1.26. The minimum absolute atomic E-state index is 0.0360. The number of rotatable bonds is 6. The van der Waals surface area contributed by atoms with Gasteiger partial charge in [-0.15, -0.1) is 0 Å². The van der Waals surface area contributed by atoms with Crippen LogP contribution in [0.1, 0.15) is 27.6 Å². The highest BCUT2D eigenvalue weighted by Gasteiger charge is 2.24. The number of benzene rings is 1. The number of nitro groups is 1. The number of nitrogens with zero attached hydrogens (tertiary/aromatic N) is 4. The molecule has 2 heterocycles. The Morgan fingerprint density at radius 2 is 2.18 bits per heavy atom. The third-order valence-electron chi connectivity index (χ3n) is 3.76. The van der Waals surface area contributed by atoms with E-state index in [0.717, 1.165) is 0 Å². The monoisotopic (exact) mass is 405 g/mol. The van der Waals surface area contributed by atoms with Crippen LogP contribution in [-0.4, -0.2) is 26.8 Å². The Hall–Kier alpha value is -3.53. The van der Waals surface area contributed by atoms with Gasteiger partial charge in [-0.05, 0) is 30.0 Å². The molecule has 11 heteroatoms. The molecule has 9 nitrogen and oxygen atoms in total. The number of hydrogen-bond donors (Lipinski definition) is 1. The summed E-state index contributed by atoms with van der Waals surface area (Å²) in [5.41, 5.74) is 2.84. The molecule has 0 aliphatic carbocycles. The van der Waals surface area contributed by atoms with Crippen molar-refractivity contribution in [2.75, 3.05) is 0 Å². The van der Waals surface area contributed by atoms with Crippen LogP contribution in [-0.2, 0) is 6.54 Å². The summed E-state index contributed by atoms with van der Waals surface area (Å²) in [4.78, 5) is 22.3. The van der Waals surface area contributed by atoms with E-state index in [0.29, 0.717) is 11.5 Å². The van der Waals surface area contributed by atoms with E-state index in [1.54, 1.807) is 19.1 Å². The molecule has 28 heavy (non-hydrogen) atoms. The number of hydrogen-bond acceptors (Lipinski definition) is 6. The highest BCUT2D eigenvalue weighted by Crippen LogP contribution is 2.27. The van der Waals surface area contributed by atoms with Crippen LogP contribution < -0.4 is 5.43 Å². The first kappa shape index (κ1) is 19.2. The Kier molecular flexibility index (Phi) is 5.50. The van der Waals surface area contributed by atoms with E-state index in [4.69, 9.17) is 16.0 Å². The third kappa shape index (κ3) is 4.07. The number of aromatic nitrogens is 2. The molecule has 1 aromatic carbocycles. The van der Waals surface area contributed by atoms with Gasteiger partial charge in [-0.1, -0.05) is 29.8 Å². The Bertz CT molecular complexity index is 1080. The topological polar surface area (TPSA) is 116 Å². The van der Waals surface area contributed by atoms with E-state index >= 15 is 0 Å². The van der Waals surface area contributed by atoms with Gasteiger partial charge in [-0.25, -0.2) is 9.82 Å². The smallest absolute Gasteiger partial charge is 0.408 e. The van der Waals surface area contributed by atoms with Crippen LogP contribution in [0, 0.1) is 22.9 Å². The lowest BCUT2D eigenvalue weighted by molar-refractivity contribution is -0.389. The van der Waals surface area contributed by atoms with Gasteiger partial charge in [0.25, 0.3) is 0 Å². The molecule has 0 saturated heterocycles. The van der Waals surface area contributed by atoms with E-state index in [1.807, 2.05) is 0 Å². The first-order valence-electron chi connectivity index (χ1n) is 7.90. The normalized spacial score (nSPS) is 11.1. The number of amides is 1. The van der Waals surface area contributed by atoms with Crippen LogP contribution >= 0.6 is 11.6 Å². The molecule has 0 unspecified atom stereocenters. The number of nitrogens with one attached hydrogen (secondary N) is 1. The lowest BCUT2D eigenvalue weighted by atomic mass is 10.2. The summed E-state index contributed by atoms with van der Waals surface area (Å²) in [5, 5.41) is 18.3. The van der Waals surface area contributed by atoms with Crippen molar-refractivity contribution in [2.45, 2.75) is 13.5 Å². The number of carbonyl (C=O) groups excluding carboxylic acids is 1. The van der Waals surface area contributed by atoms with Crippen molar-refractivity contribution >= 4 is 29.5 Å². The quantitative estimate of drug-likeness (QED) is 0.383. The zero-order chi connectivity index (χ0) is 20.3. The molecular weight excluding hydrogens is 393 g/mol. The van der Waals surface area contributed by atoms with Crippen molar-refractivity contribution in [3.63, 3.8) is 0 Å². The highest BCUT2D eigenvalue weighted by molar-refractivity contribution is 6.33. The Morgan fingerprint density at radius 1 is 1.43 bits per heavy atom. The second-order valence-electron chi connectivity index (χ2n) is 5.62. The molecule has 3 rings (SSSR count). The Morgan fingerprint density at radius 3 is 2.86 bits per heavy atom. The fourth-order valence-corrected chi connectivity index (χ4v) is 2.51. The fourth-order valence-electron chi connectivity index (χ4n) is 2.31. The molecule has 1 N–H and O–H groups in total. The Labute approximate surface area is 162 Å². The van der Waals surface area contributed by atoms with Crippen molar-refractivity contribution in [3.8, 4) is 0 Å². The third-order valence-corrected chi connectivity index (χ3v) is 4.20. The van der Waals surface area contributed by atoms with Crippen molar-refractivity contribution < 1.29 is 18.5 Å². The van der Waals surface area contributed by atoms with Crippen molar-refractivity contribution in [1.82, 2.24) is 15.2 Å². The Balaban J connectivity index is 1.67. The summed E-state index contributed by atoms with van der Waals surface area (Å²) in [6, 6.07) is 8.90. The minimum Gasteiger partial charge on any atom is -0.454 e. The molecule has 0 fully saturated rings. The molecule has 0 aliphatic rings. The minimum atomic E-state index is -0.680. The molecule has 0 saturated carbocycles. The molecule has 0 radical (unpaired) electrons. The standard InChI is InChI=1S/C17H13ClFN5O4/c1-10-15(18)16(24(26)27)22-23(10)9-12-6-7-14(28-12)17(25)21-20-8-11-4-2-3-5-13(11)19/h2-8H,9H2,1H3,(H,21,25)/b20-8-. The van der Waals surface area contributed by atoms with E-state index in [2.05, 4.69) is 15.6 Å². The average molecular weight is 406 g/mol. The molecule has 0 spiro atoms. The molecule has 3 aromatic rings. The summed E-state index contributed by atoms with van der Waals surface area (Å²) in [6.45, 7) is 1.63. The molecule has 2 aromatic heterocycles. The van der Waals surface area contributed by atoms with Crippen molar-refractivity contribution in [1.29, 1.82) is 0 Å². The fraction of sp³-hybridized carbons (Fsp3) is 0.118. The molecule has 0 atom stereocenters. The second-order valence-corrected chi connectivity index (χ2v) is 6.00. The van der Waals surface area contributed by atoms with Crippen LogP contribution in [0.3, 0.4) is 0 Å². The lowest BCUT2D eigenvalue weighted by Gasteiger charge is -1.98. The average Bonchev–Trinajstić information content (AvgIpc) is 3.24. The molecule has 0 bridgehead atoms. The first-order valence-corrected chi connectivity index (χ1v) is 8.28. The summed E-state index contributed by atoms with van der Waals surface area (Å²) in [6.07, 6.45) is 1.17. The number of carbonyl (C=O) groups is 1. The number of furan rings is 1. The summed E-state index contributed by atoms with van der Waals surface area (Å²) in [7, 11) is 0. The predicted molar refractivity (Wildman–Crippen MR) is 97.9 cm³/mol. The molecule has 1 amide bonds. The maximum absolute atomic E-state index is 13.5. The van der Waals surface area contributed by atoms with Gasteiger partial charge in [0, 0.05) is 5.56 Å². The van der Waals surface area contributed by atoms with Crippen LogP contribution in [0.4, 0.5) is 10.2 Å². The van der Waals surface area contributed by atoms with Gasteiger partial charge < -0.3 is 14.5 Å². The molecule has 0 aliphatic heterocycles. The van der Waals surface area contributed by atoms with E-state index < -0.39 is 22.5 Å².